The van der Waals surface area contributed by atoms with E-state index in [1.165, 1.54) is 18.4 Å². The van der Waals surface area contributed by atoms with Gasteiger partial charge in [-0.25, -0.2) is 0 Å². The molecular weight excluding hydrogens is 254 g/mol. The van der Waals surface area contributed by atoms with Crippen molar-refractivity contribution in [2.45, 2.75) is 58.2 Å². The molecule has 1 N–H and O–H groups in total. The molecule has 0 bridgehead atoms. The summed E-state index contributed by atoms with van der Waals surface area (Å²) in [6, 6.07) is 3.40. The third-order valence-corrected chi connectivity index (χ3v) is 5.65. The first-order valence-electron chi connectivity index (χ1n) is 7.48. The van der Waals surface area contributed by atoms with Crippen molar-refractivity contribution < 1.29 is 4.74 Å². The smallest absolute Gasteiger partial charge is 0.0684 e. The van der Waals surface area contributed by atoms with E-state index in [-0.39, 0.29) is 5.41 Å². The Labute approximate surface area is 120 Å². The maximum Gasteiger partial charge on any atom is 0.0684 e. The zero-order valence-corrected chi connectivity index (χ0v) is 13.0. The van der Waals surface area contributed by atoms with Gasteiger partial charge in [0.1, 0.15) is 0 Å². The summed E-state index contributed by atoms with van der Waals surface area (Å²) in [5.41, 5.74) is 1.74. The van der Waals surface area contributed by atoms with Crippen molar-refractivity contribution in [2.75, 3.05) is 6.61 Å². The van der Waals surface area contributed by atoms with E-state index in [1.807, 2.05) is 0 Å². The van der Waals surface area contributed by atoms with Crippen LogP contribution in [0.2, 0.25) is 0 Å². The van der Waals surface area contributed by atoms with E-state index in [1.54, 1.807) is 11.3 Å². The fourth-order valence-electron chi connectivity index (χ4n) is 3.99. The largest absolute Gasteiger partial charge is 0.377 e. The number of hydrogen-bond acceptors (Lipinski definition) is 3. The summed E-state index contributed by atoms with van der Waals surface area (Å²) in [7, 11) is 0. The molecule has 106 valence electrons. The fraction of sp³-hybridized carbons (Fsp3) is 0.750. The van der Waals surface area contributed by atoms with Gasteiger partial charge in [-0.3, -0.25) is 0 Å². The molecule has 1 aliphatic carbocycles. The van der Waals surface area contributed by atoms with Gasteiger partial charge in [-0.15, -0.1) is 0 Å². The Morgan fingerprint density at radius 2 is 2.37 bits per heavy atom. The summed E-state index contributed by atoms with van der Waals surface area (Å²) in [6.07, 6.45) is 4.17. The number of fused-ring (bicyclic) bond motifs is 1. The number of rotatable bonds is 4. The lowest BCUT2D eigenvalue weighted by atomic mass is 9.55. The van der Waals surface area contributed by atoms with Crippen molar-refractivity contribution in [1.82, 2.24) is 5.32 Å². The molecule has 19 heavy (non-hydrogen) atoms. The summed E-state index contributed by atoms with van der Waals surface area (Å²) >= 11 is 1.79. The Kier molecular flexibility index (Phi) is 3.71. The first-order chi connectivity index (χ1) is 9.09. The predicted octanol–water partition coefficient (Wildman–Crippen LogP) is 3.47. The lowest BCUT2D eigenvalue weighted by molar-refractivity contribution is -0.194. The molecule has 4 unspecified atom stereocenters. The maximum absolute atomic E-state index is 5.97. The second kappa shape index (κ2) is 5.19. The maximum atomic E-state index is 5.97. The Bertz CT molecular complexity index is 414. The second-order valence-electron chi connectivity index (χ2n) is 6.80. The number of ether oxygens (including phenoxy) is 1. The van der Waals surface area contributed by atoms with Gasteiger partial charge >= 0.3 is 0 Å². The van der Waals surface area contributed by atoms with Gasteiger partial charge in [0.15, 0.2) is 0 Å². The lowest BCUT2D eigenvalue weighted by Crippen LogP contribution is -2.70. The molecule has 4 atom stereocenters. The van der Waals surface area contributed by atoms with Crippen molar-refractivity contribution >= 4 is 11.3 Å². The normalized spacial score (nSPS) is 34.4. The molecule has 2 heterocycles. The third-order valence-electron chi connectivity index (χ3n) is 4.92. The fourth-order valence-corrected chi connectivity index (χ4v) is 4.67. The average Bonchev–Trinajstić information content (AvgIpc) is 2.89. The molecule has 2 fully saturated rings. The number of nitrogens with one attached hydrogen (secondary N) is 1. The summed E-state index contributed by atoms with van der Waals surface area (Å²) < 4.78 is 5.97. The highest BCUT2D eigenvalue weighted by Crippen LogP contribution is 2.51. The quantitative estimate of drug-likeness (QED) is 0.911. The minimum absolute atomic E-state index is 0.286. The van der Waals surface area contributed by atoms with E-state index in [0.717, 1.165) is 18.9 Å². The van der Waals surface area contributed by atoms with Crippen LogP contribution in [-0.4, -0.2) is 24.8 Å². The molecule has 1 aromatic rings. The van der Waals surface area contributed by atoms with Gasteiger partial charge in [0.05, 0.1) is 6.10 Å². The van der Waals surface area contributed by atoms with Gasteiger partial charge < -0.3 is 10.1 Å². The highest BCUT2D eigenvalue weighted by atomic mass is 32.1. The van der Waals surface area contributed by atoms with Crippen LogP contribution >= 0.6 is 11.3 Å². The minimum Gasteiger partial charge on any atom is -0.377 e. The van der Waals surface area contributed by atoms with Gasteiger partial charge in [-0.05, 0) is 48.6 Å². The van der Waals surface area contributed by atoms with Gasteiger partial charge in [-0.1, -0.05) is 13.8 Å². The van der Waals surface area contributed by atoms with Crippen LogP contribution in [0.5, 0.6) is 0 Å². The summed E-state index contributed by atoms with van der Waals surface area (Å²) in [5.74, 6) is 0.730. The van der Waals surface area contributed by atoms with Crippen LogP contribution in [0, 0.1) is 11.3 Å². The van der Waals surface area contributed by atoms with E-state index >= 15 is 0 Å². The average molecular weight is 279 g/mol. The molecule has 1 saturated heterocycles. The van der Waals surface area contributed by atoms with E-state index in [9.17, 15) is 0 Å². The van der Waals surface area contributed by atoms with E-state index in [0.29, 0.717) is 18.2 Å². The minimum atomic E-state index is 0.286. The van der Waals surface area contributed by atoms with Gasteiger partial charge in [0.25, 0.3) is 0 Å². The van der Waals surface area contributed by atoms with Crippen LogP contribution < -0.4 is 5.32 Å². The van der Waals surface area contributed by atoms with Gasteiger partial charge in [0, 0.05) is 30.0 Å². The summed E-state index contributed by atoms with van der Waals surface area (Å²) in [5, 5.41) is 8.30. The Balaban J connectivity index is 1.59. The second-order valence-corrected chi connectivity index (χ2v) is 7.58. The van der Waals surface area contributed by atoms with Gasteiger partial charge in [-0.2, -0.15) is 11.3 Å². The standard InChI is InChI=1S/C16H25NOS/c1-11(9-12-6-8-19-10-12)17-14-13-5-4-7-18-15(13)16(14,2)3/h6,8,10-11,13-15,17H,4-5,7,9H2,1-3H3. The first kappa shape index (κ1) is 13.6. The van der Waals surface area contributed by atoms with Crippen LogP contribution in [0.3, 0.4) is 0 Å². The molecule has 0 aromatic carbocycles. The Morgan fingerprint density at radius 3 is 3.11 bits per heavy atom. The van der Waals surface area contributed by atoms with Gasteiger partial charge in [0.2, 0.25) is 0 Å². The highest BCUT2D eigenvalue weighted by Gasteiger charge is 2.57. The topological polar surface area (TPSA) is 21.3 Å². The van der Waals surface area contributed by atoms with E-state index in [4.69, 9.17) is 4.74 Å². The molecule has 2 aliphatic rings. The van der Waals surface area contributed by atoms with E-state index in [2.05, 4.69) is 42.9 Å². The highest BCUT2D eigenvalue weighted by molar-refractivity contribution is 7.07. The summed E-state index contributed by atoms with van der Waals surface area (Å²) in [4.78, 5) is 0. The number of thiophene rings is 1. The monoisotopic (exact) mass is 279 g/mol. The van der Waals surface area contributed by atoms with E-state index < -0.39 is 0 Å². The van der Waals surface area contributed by atoms with Crippen molar-refractivity contribution in [3.8, 4) is 0 Å². The molecule has 1 aromatic heterocycles. The van der Waals surface area contributed by atoms with Crippen molar-refractivity contribution in [3.63, 3.8) is 0 Å². The van der Waals surface area contributed by atoms with Crippen LogP contribution in [0.4, 0.5) is 0 Å². The Hall–Kier alpha value is -0.380. The molecular formula is C16H25NOS. The predicted molar refractivity (Wildman–Crippen MR) is 80.7 cm³/mol. The van der Waals surface area contributed by atoms with Crippen LogP contribution in [-0.2, 0) is 11.2 Å². The molecule has 2 nitrogen and oxygen atoms in total. The van der Waals surface area contributed by atoms with Crippen molar-refractivity contribution in [2.24, 2.45) is 11.3 Å². The van der Waals surface area contributed by atoms with Crippen molar-refractivity contribution in [1.29, 1.82) is 0 Å². The zero-order chi connectivity index (χ0) is 13.5. The van der Waals surface area contributed by atoms with Crippen molar-refractivity contribution in [3.05, 3.63) is 22.4 Å². The van der Waals surface area contributed by atoms with Crippen LogP contribution in [0.15, 0.2) is 16.8 Å². The SMILES string of the molecule is CC(Cc1ccsc1)NC1C2CCCOC2C1(C)C. The molecule has 0 spiro atoms. The summed E-state index contributed by atoms with van der Waals surface area (Å²) in [6.45, 7) is 7.98. The van der Waals surface area contributed by atoms with Crippen LogP contribution in [0.25, 0.3) is 0 Å². The molecule has 3 rings (SSSR count). The molecule has 0 amide bonds. The third kappa shape index (κ3) is 2.48. The molecule has 3 heteroatoms. The zero-order valence-electron chi connectivity index (χ0n) is 12.2. The first-order valence-corrected chi connectivity index (χ1v) is 8.42. The molecule has 0 radical (unpaired) electrons. The Morgan fingerprint density at radius 1 is 1.53 bits per heavy atom. The number of hydrogen-bond donors (Lipinski definition) is 1. The molecule has 1 saturated carbocycles. The van der Waals surface area contributed by atoms with Crippen LogP contribution in [0.1, 0.15) is 39.2 Å². The lowest BCUT2D eigenvalue weighted by Gasteiger charge is -2.60. The molecule has 1 aliphatic heterocycles.